The minimum absolute atomic E-state index is 0.0711. The summed E-state index contributed by atoms with van der Waals surface area (Å²) in [4.78, 5) is 21.3. The molecule has 0 aliphatic carbocycles. The first-order valence-electron chi connectivity index (χ1n) is 8.38. The third-order valence-corrected chi connectivity index (χ3v) is 4.25. The van der Waals surface area contributed by atoms with Crippen molar-refractivity contribution >= 4 is 16.9 Å². The highest BCUT2D eigenvalue weighted by Crippen LogP contribution is 2.29. The first-order chi connectivity index (χ1) is 13.0. The number of aromatic hydroxyl groups is 1. The monoisotopic (exact) mass is 363 g/mol. The fraction of sp³-hybridized carbons (Fsp3) is 0.158. The van der Waals surface area contributed by atoms with Crippen LogP contribution in [0.25, 0.3) is 22.4 Å². The number of nitrogens with zero attached hydrogens (tertiary/aromatic N) is 3. The summed E-state index contributed by atoms with van der Waals surface area (Å²) in [7, 11) is 0. The summed E-state index contributed by atoms with van der Waals surface area (Å²) in [6, 6.07) is 7.92. The van der Waals surface area contributed by atoms with E-state index in [2.05, 4.69) is 25.5 Å². The number of amides is 1. The predicted molar refractivity (Wildman–Crippen MR) is 98.1 cm³/mol. The van der Waals surface area contributed by atoms with Crippen LogP contribution in [0, 0.1) is 6.92 Å². The van der Waals surface area contributed by atoms with Crippen molar-refractivity contribution in [1.29, 1.82) is 0 Å². The highest BCUT2D eigenvalue weighted by Gasteiger charge is 2.22. The number of nitrogens with one attached hydrogen (secondary N) is 2. The molecule has 4 aromatic rings. The minimum atomic E-state index is -0.405. The molecule has 0 saturated carbocycles. The standard InChI is InChI=1S/C19H17N5O3/c1-10(17-22-18(24-23-17)12-4-3-7-20-9-12)21-19(26)16-11(2)27-15-6-5-13(25)8-14(15)16/h3-10,25H,1-2H3,(H,21,26)(H,22,23,24). The summed E-state index contributed by atoms with van der Waals surface area (Å²) in [5.41, 5.74) is 1.71. The number of hydrogen-bond acceptors (Lipinski definition) is 6. The van der Waals surface area contributed by atoms with Crippen LogP contribution in [0.4, 0.5) is 0 Å². The van der Waals surface area contributed by atoms with Crippen LogP contribution in [-0.2, 0) is 0 Å². The summed E-state index contributed by atoms with van der Waals surface area (Å²) >= 11 is 0. The number of benzene rings is 1. The fourth-order valence-electron chi connectivity index (χ4n) is 2.92. The molecule has 1 amide bonds. The van der Waals surface area contributed by atoms with Crippen LogP contribution in [0.5, 0.6) is 5.75 Å². The van der Waals surface area contributed by atoms with Gasteiger partial charge in [0.05, 0.1) is 11.6 Å². The van der Waals surface area contributed by atoms with E-state index in [9.17, 15) is 9.90 Å². The molecule has 3 N–H and O–H groups in total. The number of fused-ring (bicyclic) bond motifs is 1. The molecule has 0 bridgehead atoms. The number of furan rings is 1. The summed E-state index contributed by atoms with van der Waals surface area (Å²) in [6.45, 7) is 3.52. The molecule has 0 radical (unpaired) electrons. The minimum Gasteiger partial charge on any atom is -0.508 e. The van der Waals surface area contributed by atoms with Gasteiger partial charge in [0.25, 0.3) is 5.91 Å². The molecule has 8 heteroatoms. The zero-order valence-electron chi connectivity index (χ0n) is 14.7. The van der Waals surface area contributed by atoms with E-state index in [0.717, 1.165) is 5.56 Å². The number of aryl methyl sites for hydroxylation is 1. The number of phenolic OH excluding ortho intramolecular Hbond substituents is 1. The largest absolute Gasteiger partial charge is 0.508 e. The van der Waals surface area contributed by atoms with E-state index in [-0.39, 0.29) is 11.7 Å². The lowest BCUT2D eigenvalue weighted by Crippen LogP contribution is -2.27. The summed E-state index contributed by atoms with van der Waals surface area (Å²) < 4.78 is 5.61. The molecule has 0 aliphatic rings. The Morgan fingerprint density at radius 2 is 2.19 bits per heavy atom. The van der Waals surface area contributed by atoms with Gasteiger partial charge < -0.3 is 14.8 Å². The van der Waals surface area contributed by atoms with E-state index < -0.39 is 6.04 Å². The van der Waals surface area contributed by atoms with Gasteiger partial charge in [-0.05, 0) is 44.2 Å². The molecular formula is C19H17N5O3. The zero-order chi connectivity index (χ0) is 19.0. The Kier molecular flexibility index (Phi) is 4.08. The van der Waals surface area contributed by atoms with Crippen molar-refractivity contribution in [3.8, 4) is 17.1 Å². The number of pyridine rings is 1. The Morgan fingerprint density at radius 3 is 2.96 bits per heavy atom. The average molecular weight is 363 g/mol. The van der Waals surface area contributed by atoms with Crippen LogP contribution in [0.3, 0.4) is 0 Å². The molecule has 27 heavy (non-hydrogen) atoms. The lowest BCUT2D eigenvalue weighted by molar-refractivity contribution is 0.0938. The highest BCUT2D eigenvalue weighted by atomic mass is 16.3. The van der Waals surface area contributed by atoms with Crippen LogP contribution in [-0.4, -0.2) is 31.2 Å². The van der Waals surface area contributed by atoms with Gasteiger partial charge in [-0.1, -0.05) is 0 Å². The molecule has 1 unspecified atom stereocenters. The fourth-order valence-corrected chi connectivity index (χ4v) is 2.92. The van der Waals surface area contributed by atoms with E-state index in [1.165, 1.54) is 12.1 Å². The Hall–Kier alpha value is -3.68. The van der Waals surface area contributed by atoms with E-state index in [4.69, 9.17) is 4.42 Å². The number of H-pyrrole nitrogens is 1. The summed E-state index contributed by atoms with van der Waals surface area (Å²) in [5, 5.41) is 20.2. The first-order valence-corrected chi connectivity index (χ1v) is 8.38. The van der Waals surface area contributed by atoms with E-state index in [0.29, 0.717) is 33.9 Å². The maximum absolute atomic E-state index is 12.8. The average Bonchev–Trinajstić information content (AvgIpc) is 3.26. The molecule has 8 nitrogen and oxygen atoms in total. The number of aromatic amines is 1. The third kappa shape index (κ3) is 3.12. The van der Waals surface area contributed by atoms with Crippen LogP contribution in [0.1, 0.15) is 34.9 Å². The lowest BCUT2D eigenvalue weighted by Gasteiger charge is -2.10. The van der Waals surface area contributed by atoms with E-state index in [1.54, 1.807) is 38.4 Å². The Labute approximate surface area is 154 Å². The van der Waals surface area contributed by atoms with Crippen molar-refractivity contribution in [1.82, 2.24) is 25.5 Å². The third-order valence-electron chi connectivity index (χ3n) is 4.25. The second kappa shape index (κ2) is 6.56. The molecule has 1 atom stereocenters. The van der Waals surface area contributed by atoms with Gasteiger partial charge in [-0.3, -0.25) is 14.9 Å². The van der Waals surface area contributed by atoms with Crippen molar-refractivity contribution in [3.05, 3.63) is 59.9 Å². The Morgan fingerprint density at radius 1 is 1.33 bits per heavy atom. The molecule has 4 rings (SSSR count). The number of carbonyl (C=O) groups excluding carboxylic acids is 1. The lowest BCUT2D eigenvalue weighted by atomic mass is 10.1. The second-order valence-electron chi connectivity index (χ2n) is 6.19. The molecule has 0 saturated heterocycles. The zero-order valence-corrected chi connectivity index (χ0v) is 14.7. The SMILES string of the molecule is Cc1oc2ccc(O)cc2c1C(=O)NC(C)c1nc(-c2cccnc2)n[nH]1. The van der Waals surface area contributed by atoms with Gasteiger partial charge in [-0.15, -0.1) is 0 Å². The van der Waals surface area contributed by atoms with E-state index in [1.807, 2.05) is 6.07 Å². The van der Waals surface area contributed by atoms with Crippen molar-refractivity contribution in [2.24, 2.45) is 0 Å². The second-order valence-corrected chi connectivity index (χ2v) is 6.19. The van der Waals surface area contributed by atoms with Gasteiger partial charge in [0.2, 0.25) is 0 Å². The Bertz CT molecular complexity index is 1120. The molecule has 1 aromatic carbocycles. The normalized spacial score (nSPS) is 12.2. The number of aromatic nitrogens is 4. The maximum Gasteiger partial charge on any atom is 0.256 e. The van der Waals surface area contributed by atoms with Gasteiger partial charge in [-0.2, -0.15) is 5.10 Å². The molecule has 3 aromatic heterocycles. The molecule has 0 fully saturated rings. The number of phenols is 1. The first kappa shape index (κ1) is 16.8. The molecule has 0 spiro atoms. The van der Waals surface area contributed by atoms with Crippen LogP contribution in [0.15, 0.2) is 47.1 Å². The van der Waals surface area contributed by atoms with Crippen molar-refractivity contribution in [3.63, 3.8) is 0 Å². The van der Waals surface area contributed by atoms with Crippen molar-refractivity contribution < 1.29 is 14.3 Å². The van der Waals surface area contributed by atoms with E-state index >= 15 is 0 Å². The van der Waals surface area contributed by atoms with Crippen LogP contribution in [0.2, 0.25) is 0 Å². The number of rotatable bonds is 4. The van der Waals surface area contributed by atoms with Crippen LogP contribution >= 0.6 is 0 Å². The van der Waals surface area contributed by atoms with Crippen LogP contribution < -0.4 is 5.32 Å². The van der Waals surface area contributed by atoms with Crippen molar-refractivity contribution in [2.75, 3.05) is 0 Å². The van der Waals surface area contributed by atoms with Gasteiger partial charge in [0.1, 0.15) is 22.9 Å². The summed E-state index contributed by atoms with van der Waals surface area (Å²) in [6.07, 6.45) is 3.35. The van der Waals surface area contributed by atoms with Crippen molar-refractivity contribution in [2.45, 2.75) is 19.9 Å². The summed E-state index contributed by atoms with van der Waals surface area (Å²) in [5.74, 6) is 1.27. The number of hydrogen-bond donors (Lipinski definition) is 3. The van der Waals surface area contributed by atoms with Gasteiger partial charge in [0, 0.05) is 23.3 Å². The smallest absolute Gasteiger partial charge is 0.256 e. The van der Waals surface area contributed by atoms with Gasteiger partial charge >= 0.3 is 0 Å². The quantitative estimate of drug-likeness (QED) is 0.513. The highest BCUT2D eigenvalue weighted by molar-refractivity contribution is 6.07. The maximum atomic E-state index is 12.8. The molecule has 136 valence electrons. The van der Waals surface area contributed by atoms with Gasteiger partial charge in [0.15, 0.2) is 5.82 Å². The molecule has 0 aliphatic heterocycles. The van der Waals surface area contributed by atoms with Gasteiger partial charge in [-0.25, -0.2) is 4.98 Å². The molecule has 3 heterocycles. The predicted octanol–water partition coefficient (Wildman–Crippen LogP) is 3.12. The molecular weight excluding hydrogens is 346 g/mol. The Balaban J connectivity index is 1.58. The topological polar surface area (TPSA) is 117 Å². The number of carbonyl (C=O) groups is 1.